The minimum Gasteiger partial charge on any atom is -0.206 e. The molecule has 0 atom stereocenters. The van der Waals surface area contributed by atoms with Gasteiger partial charge in [-0.2, -0.15) is 0 Å². The largest absolute Gasteiger partial charge is 0.206 e. The fraction of sp³-hybridized carbons (Fsp3) is 0. The van der Waals surface area contributed by atoms with Crippen LogP contribution in [0.4, 0.5) is 0 Å². The molecule has 1 nitrogen and oxygen atoms in total. The van der Waals surface area contributed by atoms with Gasteiger partial charge in [-0.3, -0.25) is 0 Å². The third kappa shape index (κ3) is 1.27. The van der Waals surface area contributed by atoms with Crippen LogP contribution in [-0.4, -0.2) is 4.51 Å². The second-order valence-electron chi connectivity index (χ2n) is 0.700. The topological polar surface area (TPSA) is 12.9 Å². The predicted molar refractivity (Wildman–Crippen MR) is 31.8 cm³/mol. The van der Waals surface area contributed by atoms with Crippen LogP contribution in [-0.2, 0) is 0 Å². The maximum absolute atomic E-state index is 4.00. The van der Waals surface area contributed by atoms with E-state index in [-0.39, 0.29) is 0 Å². The molecule has 0 bridgehead atoms. The minimum absolute atomic E-state index is 1.14. The molecule has 0 saturated heterocycles. The van der Waals surface area contributed by atoms with Crippen molar-refractivity contribution in [3.63, 3.8) is 0 Å². The van der Waals surface area contributed by atoms with Gasteiger partial charge in [0.05, 0.1) is 0 Å². The summed E-state index contributed by atoms with van der Waals surface area (Å²) in [7, 11) is 3.61. The molecule has 0 aliphatic rings. The summed E-state index contributed by atoms with van der Waals surface area (Å²) in [6.45, 7) is 0. The van der Waals surface area contributed by atoms with E-state index in [9.17, 15) is 0 Å². The number of aromatic nitrogens is 1. The summed E-state index contributed by atoms with van der Waals surface area (Å²) in [5.41, 5.74) is 4.22. The molecule has 0 aliphatic carbocycles. The normalized spacial score (nSPS) is 12.0. The van der Waals surface area contributed by atoms with Crippen molar-refractivity contribution < 1.29 is 0 Å². The molecule has 1 rings (SSSR count). The van der Waals surface area contributed by atoms with Crippen molar-refractivity contribution in [1.82, 2.24) is 4.51 Å². The van der Waals surface area contributed by atoms with Gasteiger partial charge in [-0.1, -0.05) is 8.19 Å². The highest BCUT2D eigenvalue weighted by atomic mass is 31.1. The van der Waals surface area contributed by atoms with Crippen LogP contribution in [0.25, 0.3) is 0 Å². The van der Waals surface area contributed by atoms with Gasteiger partial charge in [-0.15, -0.1) is 0 Å². The van der Waals surface area contributed by atoms with E-state index in [2.05, 4.69) is 15.6 Å². The maximum Gasteiger partial charge on any atom is 0.0478 e. The molecule has 1 aromatic heterocycles. The highest BCUT2D eigenvalue weighted by Crippen LogP contribution is 2.13. The Balaban J connectivity index is 3.00. The summed E-state index contributed by atoms with van der Waals surface area (Å²) < 4.78 is 4.00. The summed E-state index contributed by atoms with van der Waals surface area (Å²) in [6.07, 6.45) is 0. The van der Waals surface area contributed by atoms with Crippen LogP contribution in [0.1, 0.15) is 0 Å². The van der Waals surface area contributed by atoms with Crippen molar-refractivity contribution >= 4 is 24.9 Å². The smallest absolute Gasteiger partial charge is 0.0478 e. The average Bonchev–Trinajstić information content (AvgIpc) is 1.72. The van der Waals surface area contributed by atoms with Crippen molar-refractivity contribution in [1.29, 1.82) is 0 Å². The van der Waals surface area contributed by atoms with Crippen molar-refractivity contribution in [3.05, 3.63) is 11.1 Å². The van der Waals surface area contributed by atoms with Crippen LogP contribution < -0.4 is 0 Å². The lowest BCUT2D eigenvalue weighted by atomic mass is 11.9. The second-order valence-corrected chi connectivity index (χ2v) is 4.02. The first-order chi connectivity index (χ1) is 3.00. The molecule has 0 aliphatic heterocycles. The van der Waals surface area contributed by atoms with Crippen molar-refractivity contribution in [2.24, 2.45) is 0 Å². The lowest BCUT2D eigenvalue weighted by Gasteiger charge is -1.66. The summed E-state index contributed by atoms with van der Waals surface area (Å²) >= 11 is 0. The van der Waals surface area contributed by atoms with Gasteiger partial charge >= 0.3 is 0 Å². The molecule has 0 spiro atoms. The second kappa shape index (κ2) is 2.59. The van der Waals surface area contributed by atoms with E-state index in [1.54, 1.807) is 0 Å². The van der Waals surface area contributed by atoms with E-state index in [0.717, 1.165) is 16.7 Å². The van der Waals surface area contributed by atoms with Gasteiger partial charge in [-0.05, 0) is 0 Å². The lowest BCUT2D eigenvalue weighted by molar-refractivity contribution is 1.90. The molecular formula is C2H2NP3. The van der Waals surface area contributed by atoms with Crippen LogP contribution in [0, 0.1) is 0 Å². The van der Waals surface area contributed by atoms with Gasteiger partial charge in [0.2, 0.25) is 0 Å². The number of hydrogen-bond acceptors (Lipinski definition) is 1. The van der Waals surface area contributed by atoms with Crippen LogP contribution in [0.3, 0.4) is 0 Å². The predicted octanol–water partition coefficient (Wildman–Crippen LogP) is 2.82. The molecule has 0 unspecified atom stereocenters. The highest BCUT2D eigenvalue weighted by Gasteiger charge is 1.61. The number of nitrogens with zero attached hydrogens (tertiary/aromatic N) is 1. The molecular weight excluding hydrogens is 131 g/mol. The Bertz CT molecular complexity index is 80.7. The Morgan fingerprint density at radius 3 is 2.00 bits per heavy atom. The summed E-state index contributed by atoms with van der Waals surface area (Å²) in [5, 5.41) is 0. The summed E-state index contributed by atoms with van der Waals surface area (Å²) in [4.78, 5) is 0. The van der Waals surface area contributed by atoms with Crippen LogP contribution >= 0.6 is 24.9 Å². The lowest BCUT2D eigenvalue weighted by Crippen LogP contribution is -1.30. The van der Waals surface area contributed by atoms with Crippen molar-refractivity contribution in [2.75, 3.05) is 0 Å². The van der Waals surface area contributed by atoms with Crippen LogP contribution in [0.2, 0.25) is 0 Å². The third-order valence-corrected chi connectivity index (χ3v) is 3.06. The number of rotatable bonds is 0. The zero-order valence-corrected chi connectivity index (χ0v) is 5.63. The molecule has 1 aromatic rings. The monoisotopic (exact) mass is 133 g/mol. The molecule has 0 N–H and O–H groups in total. The van der Waals surface area contributed by atoms with Gasteiger partial charge in [0, 0.05) is 27.8 Å². The van der Waals surface area contributed by atoms with E-state index in [0.29, 0.717) is 0 Å². The van der Waals surface area contributed by atoms with Gasteiger partial charge in [0.1, 0.15) is 0 Å². The molecule has 30 valence electrons. The molecule has 6 heavy (non-hydrogen) atoms. The van der Waals surface area contributed by atoms with Gasteiger partial charge in [0.25, 0.3) is 0 Å². The summed E-state index contributed by atoms with van der Waals surface area (Å²) in [5.74, 6) is 0. The molecule has 0 amide bonds. The molecule has 0 radical (unpaired) electrons. The van der Waals surface area contributed by atoms with Crippen molar-refractivity contribution in [2.45, 2.75) is 0 Å². The average molecular weight is 133 g/mol. The fourth-order valence-corrected chi connectivity index (χ4v) is 2.86. The Kier molecular flexibility index (Phi) is 1.98. The van der Waals surface area contributed by atoms with Gasteiger partial charge in [-0.25, -0.2) is 4.51 Å². The van der Waals surface area contributed by atoms with Crippen LogP contribution in [0.15, 0.2) is 11.1 Å². The molecule has 0 aromatic carbocycles. The van der Waals surface area contributed by atoms with E-state index >= 15 is 0 Å². The van der Waals surface area contributed by atoms with E-state index < -0.39 is 0 Å². The molecule has 0 fully saturated rings. The minimum atomic E-state index is 1.14. The Morgan fingerprint density at radius 2 is 1.83 bits per heavy atom. The van der Waals surface area contributed by atoms with E-state index in [1.165, 1.54) is 8.19 Å². The van der Waals surface area contributed by atoms with Gasteiger partial charge < -0.3 is 0 Å². The first kappa shape index (κ1) is 4.60. The highest BCUT2D eigenvalue weighted by molar-refractivity contribution is 7.52. The fourth-order valence-electron chi connectivity index (χ4n) is 0.165. The maximum atomic E-state index is 4.00. The SMILES string of the molecule is c1pcpnp1. The molecule has 0 saturated carbocycles. The zero-order valence-electron chi connectivity index (χ0n) is 2.94. The van der Waals surface area contributed by atoms with Gasteiger partial charge in [0.15, 0.2) is 0 Å². The number of hydrogen-bond donors (Lipinski definition) is 0. The standard InChI is InChI=1S/C2H2NP3/c1-4-2-6-3-5-1/h1-2H. The first-order valence-corrected chi connectivity index (χ1v) is 4.30. The Labute approximate surface area is 41.3 Å². The first-order valence-electron chi connectivity index (χ1n) is 1.43. The third-order valence-electron chi connectivity index (χ3n) is 0.340. The summed E-state index contributed by atoms with van der Waals surface area (Å²) in [6, 6.07) is 0. The zero-order chi connectivity index (χ0) is 4.24. The van der Waals surface area contributed by atoms with E-state index in [4.69, 9.17) is 0 Å². The molecule has 1 heterocycles. The van der Waals surface area contributed by atoms with E-state index in [1.807, 2.05) is 0 Å². The van der Waals surface area contributed by atoms with Crippen LogP contribution in [0.5, 0.6) is 0 Å². The Morgan fingerprint density at radius 1 is 1.17 bits per heavy atom. The Hall–Kier alpha value is 0.440. The molecule has 4 heteroatoms. The quantitative estimate of drug-likeness (QED) is 0.530. The van der Waals surface area contributed by atoms with Crippen molar-refractivity contribution in [3.8, 4) is 0 Å².